The van der Waals surface area contributed by atoms with Gasteiger partial charge in [0, 0.05) is 17.8 Å². The maximum atomic E-state index is 11.5. The van der Waals surface area contributed by atoms with E-state index >= 15 is 0 Å². The first-order valence-electron chi connectivity index (χ1n) is 6.01. The Labute approximate surface area is 108 Å². The number of urea groups is 1. The summed E-state index contributed by atoms with van der Waals surface area (Å²) >= 11 is 0. The molecule has 0 aliphatic carbocycles. The summed E-state index contributed by atoms with van der Waals surface area (Å²) in [5, 5.41) is 5.54. The molecule has 4 N–H and O–H groups in total. The first-order valence-corrected chi connectivity index (χ1v) is 6.01. The number of rotatable bonds is 3. The van der Waals surface area contributed by atoms with Crippen LogP contribution in [0.4, 0.5) is 10.5 Å². The Bertz CT molecular complexity index is 472. The highest BCUT2D eigenvalue weighted by Gasteiger charge is 2.02. The molecule has 0 fully saturated rings. The minimum Gasteiger partial charge on any atom is -0.338 e. The highest BCUT2D eigenvalue weighted by Crippen LogP contribution is 2.13. The number of aryl methyl sites for hydroxylation is 1. The van der Waals surface area contributed by atoms with Crippen LogP contribution in [-0.4, -0.2) is 19.1 Å². The van der Waals surface area contributed by atoms with Crippen molar-refractivity contribution in [1.29, 1.82) is 0 Å². The molecule has 0 atom stereocenters. The number of hydrogen-bond acceptors (Lipinski definition) is 2. The van der Waals surface area contributed by atoms with Crippen LogP contribution in [0.1, 0.15) is 24.5 Å². The summed E-state index contributed by atoms with van der Waals surface area (Å²) in [5.41, 5.74) is 7.97. The fourth-order valence-electron chi connectivity index (χ4n) is 1.49. The van der Waals surface area contributed by atoms with Crippen LogP contribution in [0, 0.1) is 18.8 Å². The summed E-state index contributed by atoms with van der Waals surface area (Å²) in [5.74, 6) is 5.75. The molecule has 2 amide bonds. The third kappa shape index (κ3) is 4.89. The Kier molecular flexibility index (Phi) is 5.75. The van der Waals surface area contributed by atoms with Crippen molar-refractivity contribution in [2.45, 2.75) is 20.3 Å². The van der Waals surface area contributed by atoms with Gasteiger partial charge in [-0.25, -0.2) is 4.79 Å². The Morgan fingerprint density at radius 3 is 2.83 bits per heavy atom. The molecule has 0 aliphatic rings. The van der Waals surface area contributed by atoms with Crippen LogP contribution in [0.15, 0.2) is 18.2 Å². The zero-order valence-corrected chi connectivity index (χ0v) is 10.8. The van der Waals surface area contributed by atoms with Gasteiger partial charge >= 0.3 is 6.03 Å². The van der Waals surface area contributed by atoms with Crippen LogP contribution in [0.25, 0.3) is 0 Å². The molecule has 0 spiro atoms. The van der Waals surface area contributed by atoms with E-state index < -0.39 is 0 Å². The average molecular weight is 245 g/mol. The SMILES string of the molecule is CCCNC(=O)Nc1cc(C)cc(C#CCN)c1. The van der Waals surface area contributed by atoms with E-state index in [2.05, 4.69) is 22.5 Å². The second-order valence-corrected chi connectivity index (χ2v) is 3.97. The van der Waals surface area contributed by atoms with Crippen LogP contribution in [0.3, 0.4) is 0 Å². The van der Waals surface area contributed by atoms with Crippen molar-refractivity contribution in [1.82, 2.24) is 5.32 Å². The van der Waals surface area contributed by atoms with E-state index in [1.165, 1.54) is 0 Å². The lowest BCUT2D eigenvalue weighted by atomic mass is 10.1. The molecular formula is C14H19N3O. The molecule has 4 heteroatoms. The molecule has 0 aromatic heterocycles. The Hall–Kier alpha value is -1.99. The minimum atomic E-state index is -0.194. The number of nitrogens with one attached hydrogen (secondary N) is 2. The first-order chi connectivity index (χ1) is 8.65. The second-order valence-electron chi connectivity index (χ2n) is 3.97. The number of nitrogens with two attached hydrogens (primary N) is 1. The topological polar surface area (TPSA) is 67.2 Å². The van der Waals surface area contributed by atoms with Crippen LogP contribution in [0.5, 0.6) is 0 Å². The van der Waals surface area contributed by atoms with Crippen molar-refractivity contribution in [2.75, 3.05) is 18.4 Å². The van der Waals surface area contributed by atoms with Crippen molar-refractivity contribution in [3.05, 3.63) is 29.3 Å². The van der Waals surface area contributed by atoms with Gasteiger partial charge in [-0.15, -0.1) is 0 Å². The summed E-state index contributed by atoms with van der Waals surface area (Å²) < 4.78 is 0. The molecule has 0 heterocycles. The highest BCUT2D eigenvalue weighted by atomic mass is 16.2. The standard InChI is InChI=1S/C14H19N3O/c1-3-7-16-14(18)17-13-9-11(2)8-12(10-13)5-4-6-15/h8-10H,3,6-7,15H2,1-2H3,(H2,16,17,18). The maximum absolute atomic E-state index is 11.5. The third-order valence-corrected chi connectivity index (χ3v) is 2.21. The van der Waals surface area contributed by atoms with Crippen LogP contribution >= 0.6 is 0 Å². The molecule has 0 saturated carbocycles. The summed E-state index contributed by atoms with van der Waals surface area (Å²) in [7, 11) is 0. The number of amides is 2. The molecule has 0 aliphatic heterocycles. The molecule has 0 saturated heterocycles. The minimum absolute atomic E-state index is 0.194. The molecule has 0 bridgehead atoms. The van der Waals surface area contributed by atoms with Crippen molar-refractivity contribution in [3.8, 4) is 11.8 Å². The van der Waals surface area contributed by atoms with Gasteiger partial charge in [-0.05, 0) is 37.1 Å². The van der Waals surface area contributed by atoms with E-state index in [0.29, 0.717) is 13.1 Å². The van der Waals surface area contributed by atoms with Gasteiger partial charge in [0.1, 0.15) is 0 Å². The summed E-state index contributed by atoms with van der Waals surface area (Å²) in [6.45, 7) is 4.96. The van der Waals surface area contributed by atoms with Gasteiger partial charge in [0.2, 0.25) is 0 Å². The van der Waals surface area contributed by atoms with Crippen molar-refractivity contribution in [3.63, 3.8) is 0 Å². The number of anilines is 1. The van der Waals surface area contributed by atoms with Crippen LogP contribution < -0.4 is 16.4 Å². The van der Waals surface area contributed by atoms with E-state index in [0.717, 1.165) is 23.2 Å². The molecular weight excluding hydrogens is 226 g/mol. The number of carbonyl (C=O) groups excluding carboxylic acids is 1. The molecule has 1 rings (SSSR count). The van der Waals surface area contributed by atoms with Gasteiger partial charge in [-0.2, -0.15) is 0 Å². The smallest absolute Gasteiger partial charge is 0.319 e. The van der Waals surface area contributed by atoms with E-state index in [-0.39, 0.29) is 6.03 Å². The van der Waals surface area contributed by atoms with E-state index in [4.69, 9.17) is 5.73 Å². The lowest BCUT2D eigenvalue weighted by Gasteiger charge is -2.08. The van der Waals surface area contributed by atoms with Crippen LogP contribution in [0.2, 0.25) is 0 Å². The van der Waals surface area contributed by atoms with Gasteiger partial charge in [0.25, 0.3) is 0 Å². The lowest BCUT2D eigenvalue weighted by molar-refractivity contribution is 0.252. The summed E-state index contributed by atoms with van der Waals surface area (Å²) in [6.07, 6.45) is 0.911. The molecule has 1 aromatic carbocycles. The fourth-order valence-corrected chi connectivity index (χ4v) is 1.49. The van der Waals surface area contributed by atoms with Crippen molar-refractivity contribution in [2.24, 2.45) is 5.73 Å². The first kappa shape index (κ1) is 14.1. The summed E-state index contributed by atoms with van der Waals surface area (Å²) in [6, 6.07) is 5.50. The largest absolute Gasteiger partial charge is 0.338 e. The van der Waals surface area contributed by atoms with Gasteiger partial charge in [-0.1, -0.05) is 18.8 Å². The maximum Gasteiger partial charge on any atom is 0.319 e. The molecule has 1 aromatic rings. The van der Waals surface area contributed by atoms with Crippen LogP contribution in [-0.2, 0) is 0 Å². The van der Waals surface area contributed by atoms with Gasteiger partial charge < -0.3 is 16.4 Å². The van der Waals surface area contributed by atoms with E-state index in [1.807, 2.05) is 32.0 Å². The second kappa shape index (κ2) is 7.36. The van der Waals surface area contributed by atoms with E-state index in [1.54, 1.807) is 0 Å². The summed E-state index contributed by atoms with van der Waals surface area (Å²) in [4.78, 5) is 11.5. The monoisotopic (exact) mass is 245 g/mol. The predicted octanol–water partition coefficient (Wildman–Crippen LogP) is 1.84. The van der Waals surface area contributed by atoms with Crippen molar-refractivity contribution >= 4 is 11.7 Å². The molecule has 96 valence electrons. The normalized spacial score (nSPS) is 9.28. The third-order valence-electron chi connectivity index (χ3n) is 2.21. The predicted molar refractivity (Wildman–Crippen MR) is 74.4 cm³/mol. The Morgan fingerprint density at radius 2 is 2.17 bits per heavy atom. The number of benzene rings is 1. The Balaban J connectivity index is 2.76. The fraction of sp³-hybridized carbons (Fsp3) is 0.357. The zero-order chi connectivity index (χ0) is 13.4. The average Bonchev–Trinajstić information content (AvgIpc) is 2.33. The molecule has 18 heavy (non-hydrogen) atoms. The van der Waals surface area contributed by atoms with Crippen molar-refractivity contribution < 1.29 is 4.79 Å². The van der Waals surface area contributed by atoms with Gasteiger partial charge in [0.05, 0.1) is 6.54 Å². The molecule has 0 unspecified atom stereocenters. The Morgan fingerprint density at radius 1 is 1.39 bits per heavy atom. The van der Waals surface area contributed by atoms with Gasteiger partial charge in [-0.3, -0.25) is 0 Å². The zero-order valence-electron chi connectivity index (χ0n) is 10.8. The number of hydrogen-bond donors (Lipinski definition) is 3. The van der Waals surface area contributed by atoms with Gasteiger partial charge in [0.15, 0.2) is 0 Å². The molecule has 0 radical (unpaired) electrons. The lowest BCUT2D eigenvalue weighted by Crippen LogP contribution is -2.29. The molecule has 4 nitrogen and oxygen atoms in total. The number of carbonyl (C=O) groups is 1. The quantitative estimate of drug-likeness (QED) is 0.711. The van der Waals surface area contributed by atoms with E-state index in [9.17, 15) is 4.79 Å². The highest BCUT2D eigenvalue weighted by molar-refractivity contribution is 5.89.